The van der Waals surface area contributed by atoms with Gasteiger partial charge >= 0.3 is 0 Å². The number of hydrogen-bond acceptors (Lipinski definition) is 7. The summed E-state index contributed by atoms with van der Waals surface area (Å²) in [4.78, 5) is 13.3. The zero-order valence-electron chi connectivity index (χ0n) is 18.5. The molecule has 0 bridgehead atoms. The fraction of sp³-hybridized carbons (Fsp3) is 0.125. The summed E-state index contributed by atoms with van der Waals surface area (Å²) >= 11 is 12.8. The van der Waals surface area contributed by atoms with Crippen molar-refractivity contribution >= 4 is 51.1 Å². The minimum Gasteiger partial charge on any atom is -0.451 e. The molecule has 0 fully saturated rings. The molecule has 2 aromatic carbocycles. The van der Waals surface area contributed by atoms with Gasteiger partial charge < -0.3 is 9.73 Å². The van der Waals surface area contributed by atoms with Crippen LogP contribution in [-0.4, -0.2) is 30.8 Å². The Kier molecular flexibility index (Phi) is 6.58. The van der Waals surface area contributed by atoms with E-state index in [1.807, 2.05) is 43.3 Å². The lowest BCUT2D eigenvalue weighted by molar-refractivity contribution is 0.0950. The maximum Gasteiger partial charge on any atom is 0.293 e. The molecule has 5 rings (SSSR count). The van der Waals surface area contributed by atoms with Gasteiger partial charge in [0.2, 0.25) is 4.96 Å². The summed E-state index contributed by atoms with van der Waals surface area (Å²) in [5, 5.41) is 20.3. The number of benzene rings is 2. The number of carbonyl (C=O) groups excluding carboxylic acids is 1. The van der Waals surface area contributed by atoms with Crippen molar-refractivity contribution in [2.24, 2.45) is 0 Å². The van der Waals surface area contributed by atoms with Crippen molar-refractivity contribution < 1.29 is 9.21 Å². The van der Waals surface area contributed by atoms with Gasteiger partial charge in [-0.05, 0) is 42.0 Å². The van der Waals surface area contributed by atoms with Gasteiger partial charge in [-0.3, -0.25) is 10.1 Å². The molecule has 0 atom stereocenters. The topological polar surface area (TPSA) is 97.3 Å². The lowest BCUT2D eigenvalue weighted by Gasteiger charge is -2.09. The van der Waals surface area contributed by atoms with Crippen LogP contribution in [0.5, 0.6) is 0 Å². The van der Waals surface area contributed by atoms with Crippen LogP contribution in [0.1, 0.15) is 28.9 Å². The smallest absolute Gasteiger partial charge is 0.293 e. The minimum absolute atomic E-state index is 0.157. The van der Waals surface area contributed by atoms with Crippen LogP contribution >= 0.6 is 35.2 Å². The van der Waals surface area contributed by atoms with Crippen LogP contribution in [0, 0.1) is 0 Å². The molecule has 11 heteroatoms. The first-order valence-electron chi connectivity index (χ1n) is 10.8. The number of nitrogens with zero attached hydrogens (tertiary/aromatic N) is 4. The first-order valence-corrected chi connectivity index (χ1v) is 12.4. The van der Waals surface area contributed by atoms with Crippen LogP contribution in [0.2, 0.25) is 5.02 Å². The van der Waals surface area contributed by atoms with Crippen molar-refractivity contribution in [1.29, 1.82) is 0 Å². The summed E-state index contributed by atoms with van der Waals surface area (Å²) in [5.74, 6) is 1.12. The van der Waals surface area contributed by atoms with E-state index in [0.29, 0.717) is 17.3 Å². The SMILES string of the molecule is CCc1nnc2sc(-c3ccc(CNC(=S)NC(=O)c4ccc(-c5cccc(Cl)c5)o4)cc3)nn12. The molecule has 1 amide bonds. The Morgan fingerprint density at radius 2 is 1.94 bits per heavy atom. The third kappa shape index (κ3) is 5.09. The summed E-state index contributed by atoms with van der Waals surface area (Å²) in [5.41, 5.74) is 2.79. The number of aromatic nitrogens is 4. The highest BCUT2D eigenvalue weighted by molar-refractivity contribution is 7.80. The van der Waals surface area contributed by atoms with E-state index in [-0.39, 0.29) is 10.9 Å². The summed E-state index contributed by atoms with van der Waals surface area (Å²) in [6, 6.07) is 18.5. The van der Waals surface area contributed by atoms with E-state index in [9.17, 15) is 4.79 Å². The molecule has 5 aromatic rings. The van der Waals surface area contributed by atoms with Gasteiger partial charge in [-0.25, -0.2) is 0 Å². The number of thiocarbonyl (C=S) groups is 1. The molecule has 0 aliphatic heterocycles. The van der Waals surface area contributed by atoms with Crippen molar-refractivity contribution in [1.82, 2.24) is 30.4 Å². The Morgan fingerprint density at radius 3 is 2.71 bits per heavy atom. The standard InChI is InChI=1S/C24H19ClN6O2S2/c1-2-20-28-29-24-31(20)30-22(35-24)15-8-6-14(7-9-15)13-26-23(34)27-21(32)19-11-10-18(33-19)16-4-3-5-17(25)12-16/h3-12H,2,13H2,1H3,(H2,26,27,32,34). The predicted molar refractivity (Wildman–Crippen MR) is 140 cm³/mol. The maximum atomic E-state index is 12.5. The molecule has 0 saturated carbocycles. The van der Waals surface area contributed by atoms with Crippen LogP contribution in [0.4, 0.5) is 0 Å². The highest BCUT2D eigenvalue weighted by Gasteiger charge is 2.14. The predicted octanol–water partition coefficient (Wildman–Crippen LogP) is 5.13. The van der Waals surface area contributed by atoms with E-state index in [4.69, 9.17) is 28.2 Å². The number of fused-ring (bicyclic) bond motifs is 1. The van der Waals surface area contributed by atoms with Crippen LogP contribution in [0.15, 0.2) is 65.1 Å². The summed E-state index contributed by atoms with van der Waals surface area (Å²) in [7, 11) is 0. The van der Waals surface area contributed by atoms with Crippen molar-refractivity contribution in [3.63, 3.8) is 0 Å². The fourth-order valence-electron chi connectivity index (χ4n) is 3.41. The Hall–Kier alpha value is -3.60. The zero-order chi connectivity index (χ0) is 24.4. The molecule has 0 radical (unpaired) electrons. The molecular weight excluding hydrogens is 504 g/mol. The number of amides is 1. The Bertz CT molecular complexity index is 1520. The van der Waals surface area contributed by atoms with E-state index in [1.165, 1.54) is 11.3 Å². The number of aryl methyl sites for hydroxylation is 1. The summed E-state index contributed by atoms with van der Waals surface area (Å²) in [6.45, 7) is 2.48. The number of halogens is 1. The average molecular weight is 523 g/mol. The van der Waals surface area contributed by atoms with Gasteiger partial charge in [-0.1, -0.05) is 66.3 Å². The first-order chi connectivity index (χ1) is 17.0. The van der Waals surface area contributed by atoms with Gasteiger partial charge in [-0.2, -0.15) is 9.61 Å². The molecule has 8 nitrogen and oxygen atoms in total. The van der Waals surface area contributed by atoms with Gasteiger partial charge in [0.05, 0.1) is 0 Å². The number of carbonyl (C=O) groups is 1. The quantitative estimate of drug-likeness (QED) is 0.298. The van der Waals surface area contributed by atoms with Gasteiger partial charge in [0.15, 0.2) is 16.7 Å². The second kappa shape index (κ2) is 9.95. The number of furan rings is 1. The molecule has 3 heterocycles. The average Bonchev–Trinajstić information content (AvgIpc) is 3.59. The van der Waals surface area contributed by atoms with Crippen molar-refractivity contribution in [3.05, 3.63) is 82.8 Å². The van der Waals surface area contributed by atoms with Crippen LogP contribution in [0.3, 0.4) is 0 Å². The number of rotatable bonds is 6. The largest absolute Gasteiger partial charge is 0.451 e. The third-order valence-electron chi connectivity index (χ3n) is 5.19. The molecule has 2 N–H and O–H groups in total. The zero-order valence-corrected chi connectivity index (χ0v) is 20.9. The highest BCUT2D eigenvalue weighted by atomic mass is 35.5. The summed E-state index contributed by atoms with van der Waals surface area (Å²) < 4.78 is 7.45. The second-order valence-electron chi connectivity index (χ2n) is 7.58. The normalized spacial score (nSPS) is 11.0. The molecule has 0 aliphatic rings. The van der Waals surface area contributed by atoms with E-state index in [2.05, 4.69) is 25.9 Å². The Morgan fingerprint density at radius 1 is 1.11 bits per heavy atom. The number of nitrogens with one attached hydrogen (secondary N) is 2. The van der Waals surface area contributed by atoms with E-state index >= 15 is 0 Å². The number of hydrogen-bond donors (Lipinski definition) is 2. The fourth-order valence-corrected chi connectivity index (χ4v) is 4.63. The van der Waals surface area contributed by atoms with E-state index < -0.39 is 5.91 Å². The molecular formula is C24H19ClN6O2S2. The lowest BCUT2D eigenvalue weighted by Crippen LogP contribution is -2.38. The lowest BCUT2D eigenvalue weighted by atomic mass is 10.1. The van der Waals surface area contributed by atoms with Gasteiger partial charge in [0.1, 0.15) is 10.8 Å². The Balaban J connectivity index is 1.16. The Labute approximate surface area is 214 Å². The van der Waals surface area contributed by atoms with Crippen molar-refractivity contribution in [2.75, 3.05) is 0 Å². The van der Waals surface area contributed by atoms with Gasteiger partial charge in [-0.15, -0.1) is 10.2 Å². The monoisotopic (exact) mass is 522 g/mol. The molecule has 0 unspecified atom stereocenters. The molecule has 35 heavy (non-hydrogen) atoms. The van der Waals surface area contributed by atoms with E-state index in [0.717, 1.165) is 38.9 Å². The maximum absolute atomic E-state index is 12.5. The second-order valence-corrected chi connectivity index (χ2v) is 9.38. The van der Waals surface area contributed by atoms with Crippen LogP contribution in [-0.2, 0) is 13.0 Å². The molecule has 0 spiro atoms. The van der Waals surface area contributed by atoms with Crippen LogP contribution < -0.4 is 10.6 Å². The molecule has 3 aromatic heterocycles. The molecule has 0 aliphatic carbocycles. The third-order valence-corrected chi connectivity index (χ3v) is 6.62. The first kappa shape index (κ1) is 23.2. The summed E-state index contributed by atoms with van der Waals surface area (Å²) in [6.07, 6.45) is 0.772. The van der Waals surface area contributed by atoms with Crippen molar-refractivity contribution in [3.8, 4) is 21.9 Å². The van der Waals surface area contributed by atoms with E-state index in [1.54, 1.807) is 28.8 Å². The van der Waals surface area contributed by atoms with Crippen molar-refractivity contribution in [2.45, 2.75) is 19.9 Å². The van der Waals surface area contributed by atoms with Gasteiger partial charge in [0, 0.05) is 29.1 Å². The highest BCUT2D eigenvalue weighted by Crippen LogP contribution is 2.26. The molecule has 176 valence electrons. The minimum atomic E-state index is -0.430. The van der Waals surface area contributed by atoms with Crippen LogP contribution in [0.25, 0.3) is 26.9 Å². The molecule has 0 saturated heterocycles. The van der Waals surface area contributed by atoms with Gasteiger partial charge in [0.25, 0.3) is 5.91 Å².